The molecule has 0 fully saturated rings. The molecular weight excluding hydrogens is 282 g/mol. The highest BCUT2D eigenvalue weighted by Crippen LogP contribution is 2.30. The van der Waals surface area contributed by atoms with Crippen LogP contribution in [-0.4, -0.2) is 31.6 Å². The van der Waals surface area contributed by atoms with Gasteiger partial charge in [0.25, 0.3) is 0 Å². The van der Waals surface area contributed by atoms with Crippen molar-refractivity contribution in [1.29, 1.82) is 0 Å². The first kappa shape index (κ1) is 16.1. The van der Waals surface area contributed by atoms with Gasteiger partial charge in [0.15, 0.2) is 0 Å². The molecule has 0 heterocycles. The number of amides is 1. The minimum Gasteiger partial charge on any atom is -0.465 e. The van der Waals surface area contributed by atoms with E-state index < -0.39 is 12.0 Å². The van der Waals surface area contributed by atoms with E-state index in [1.165, 1.54) is 19.2 Å². The summed E-state index contributed by atoms with van der Waals surface area (Å²) in [5.74, 6) is -0.777. The average Bonchev–Trinajstić information content (AvgIpc) is 2.40. The lowest BCUT2D eigenvalue weighted by Gasteiger charge is -2.18. The van der Waals surface area contributed by atoms with Crippen molar-refractivity contribution in [3.63, 3.8) is 0 Å². The number of nitrogens with two attached hydrogens (primary N) is 1. The van der Waals surface area contributed by atoms with Crippen LogP contribution in [0, 0.1) is 0 Å². The van der Waals surface area contributed by atoms with Crippen LogP contribution < -0.4 is 16.4 Å². The molecule has 1 aromatic carbocycles. The summed E-state index contributed by atoms with van der Waals surface area (Å²) in [5, 5.41) is 5.83. The molecule has 0 saturated heterocycles. The Morgan fingerprint density at radius 2 is 2.10 bits per heavy atom. The smallest absolute Gasteiger partial charge is 0.340 e. The molecule has 110 valence electrons. The van der Waals surface area contributed by atoms with Crippen LogP contribution in [0.4, 0.5) is 11.4 Å². The second-order valence-corrected chi connectivity index (χ2v) is 4.58. The summed E-state index contributed by atoms with van der Waals surface area (Å²) >= 11 is 6.08. The summed E-state index contributed by atoms with van der Waals surface area (Å²) < 4.78 is 4.68. The molecule has 7 heteroatoms. The summed E-state index contributed by atoms with van der Waals surface area (Å²) in [7, 11) is 1.26. The third-order valence-corrected chi connectivity index (χ3v) is 2.92. The van der Waals surface area contributed by atoms with E-state index in [1.807, 2.05) is 6.92 Å². The second-order valence-electron chi connectivity index (χ2n) is 4.18. The topological polar surface area (TPSA) is 93.5 Å². The van der Waals surface area contributed by atoms with Gasteiger partial charge in [-0.1, -0.05) is 11.6 Å². The highest BCUT2D eigenvalue weighted by atomic mass is 35.5. The van der Waals surface area contributed by atoms with Crippen molar-refractivity contribution in [2.75, 3.05) is 24.7 Å². The number of carbonyl (C=O) groups excluding carboxylic acids is 2. The molecule has 1 amide bonds. The van der Waals surface area contributed by atoms with Crippen LogP contribution >= 0.6 is 11.6 Å². The Kier molecular flexibility index (Phi) is 5.64. The van der Waals surface area contributed by atoms with Gasteiger partial charge in [0.2, 0.25) is 5.91 Å². The van der Waals surface area contributed by atoms with Crippen LogP contribution in [-0.2, 0) is 9.53 Å². The predicted octanol–water partition coefficient (Wildman–Crippen LogP) is 1.65. The fourth-order valence-corrected chi connectivity index (χ4v) is 1.94. The number of rotatable bonds is 5. The maximum atomic E-state index is 11.7. The van der Waals surface area contributed by atoms with Crippen LogP contribution in [0.2, 0.25) is 5.02 Å². The Morgan fingerprint density at radius 3 is 2.65 bits per heavy atom. The fourth-order valence-electron chi connectivity index (χ4n) is 1.65. The van der Waals surface area contributed by atoms with Crippen LogP contribution in [0.1, 0.15) is 24.2 Å². The highest BCUT2D eigenvalue weighted by molar-refractivity contribution is 6.34. The Hall–Kier alpha value is -1.95. The number of anilines is 2. The van der Waals surface area contributed by atoms with E-state index in [1.54, 1.807) is 6.92 Å². The molecular formula is C13H18ClN3O3. The molecule has 6 nitrogen and oxygen atoms in total. The molecule has 1 atom stereocenters. The minimum atomic E-state index is -0.579. The van der Waals surface area contributed by atoms with Crippen LogP contribution in [0.15, 0.2) is 12.1 Å². The van der Waals surface area contributed by atoms with Gasteiger partial charge in [0, 0.05) is 12.2 Å². The maximum Gasteiger partial charge on any atom is 0.340 e. The van der Waals surface area contributed by atoms with Gasteiger partial charge in [0.05, 0.1) is 23.4 Å². The van der Waals surface area contributed by atoms with E-state index in [9.17, 15) is 9.59 Å². The van der Waals surface area contributed by atoms with Crippen molar-refractivity contribution in [1.82, 2.24) is 5.32 Å². The summed E-state index contributed by atoms with van der Waals surface area (Å²) in [5.41, 5.74) is 6.51. The fraction of sp³-hybridized carbons (Fsp3) is 0.385. The first-order valence-corrected chi connectivity index (χ1v) is 6.50. The van der Waals surface area contributed by atoms with E-state index in [4.69, 9.17) is 17.3 Å². The number of methoxy groups -OCH3 is 1. The van der Waals surface area contributed by atoms with Crippen molar-refractivity contribution in [2.24, 2.45) is 0 Å². The van der Waals surface area contributed by atoms with Gasteiger partial charge in [-0.3, -0.25) is 4.79 Å². The normalized spacial score (nSPS) is 11.6. The van der Waals surface area contributed by atoms with Gasteiger partial charge in [-0.25, -0.2) is 4.79 Å². The molecule has 20 heavy (non-hydrogen) atoms. The number of likely N-dealkylation sites (N-methyl/N-ethyl adjacent to an activating group) is 1. The number of ether oxygens (including phenoxy) is 1. The van der Waals surface area contributed by atoms with E-state index >= 15 is 0 Å². The average molecular weight is 300 g/mol. The Morgan fingerprint density at radius 1 is 1.45 bits per heavy atom. The van der Waals surface area contributed by atoms with Gasteiger partial charge in [-0.05, 0) is 26.0 Å². The number of hydrogen-bond donors (Lipinski definition) is 3. The van der Waals surface area contributed by atoms with E-state index in [0.717, 1.165) is 0 Å². The first-order valence-electron chi connectivity index (χ1n) is 6.12. The lowest BCUT2D eigenvalue weighted by molar-refractivity contribution is -0.121. The predicted molar refractivity (Wildman–Crippen MR) is 79.0 cm³/mol. The monoisotopic (exact) mass is 299 g/mol. The molecule has 0 radical (unpaired) electrons. The number of nitrogen functional groups attached to an aromatic ring is 1. The molecule has 0 aliphatic heterocycles. The van der Waals surface area contributed by atoms with Gasteiger partial charge in [-0.2, -0.15) is 0 Å². The SMILES string of the molecule is CCNC(=O)C(C)Nc1c(Cl)cc(N)cc1C(=O)OC. The molecule has 1 aromatic rings. The number of hydrogen-bond acceptors (Lipinski definition) is 5. The zero-order valence-electron chi connectivity index (χ0n) is 11.6. The molecule has 0 aliphatic carbocycles. The number of benzene rings is 1. The maximum absolute atomic E-state index is 11.7. The summed E-state index contributed by atoms with van der Waals surface area (Å²) in [6.07, 6.45) is 0. The van der Waals surface area contributed by atoms with Crippen molar-refractivity contribution >= 4 is 34.9 Å². The third kappa shape index (κ3) is 3.77. The Labute approximate surface area is 122 Å². The molecule has 0 aliphatic rings. The van der Waals surface area contributed by atoms with E-state index in [0.29, 0.717) is 17.9 Å². The lowest BCUT2D eigenvalue weighted by Crippen LogP contribution is -2.37. The standard InChI is InChI=1S/C13H18ClN3O3/c1-4-16-12(18)7(2)17-11-9(13(19)20-3)5-8(15)6-10(11)14/h5-7,17H,4,15H2,1-3H3,(H,16,18). The zero-order valence-corrected chi connectivity index (χ0v) is 12.4. The molecule has 0 saturated carbocycles. The molecule has 0 spiro atoms. The molecule has 0 bridgehead atoms. The first-order chi connectivity index (χ1) is 9.40. The Balaban J connectivity index is 3.10. The largest absolute Gasteiger partial charge is 0.465 e. The molecule has 4 N–H and O–H groups in total. The van der Waals surface area contributed by atoms with Crippen LogP contribution in [0.3, 0.4) is 0 Å². The Bertz CT molecular complexity index is 520. The van der Waals surface area contributed by atoms with Crippen molar-refractivity contribution in [3.05, 3.63) is 22.7 Å². The van der Waals surface area contributed by atoms with E-state index in [2.05, 4.69) is 15.4 Å². The van der Waals surface area contributed by atoms with Gasteiger partial charge < -0.3 is 21.1 Å². The van der Waals surface area contributed by atoms with Crippen molar-refractivity contribution in [3.8, 4) is 0 Å². The quantitative estimate of drug-likeness (QED) is 0.568. The van der Waals surface area contributed by atoms with Gasteiger partial charge >= 0.3 is 5.97 Å². The second kappa shape index (κ2) is 7.00. The van der Waals surface area contributed by atoms with E-state index in [-0.39, 0.29) is 16.5 Å². The molecule has 1 rings (SSSR count). The van der Waals surface area contributed by atoms with Crippen LogP contribution in [0.5, 0.6) is 0 Å². The number of nitrogens with one attached hydrogen (secondary N) is 2. The van der Waals surface area contributed by atoms with Crippen LogP contribution in [0.25, 0.3) is 0 Å². The number of halogens is 1. The third-order valence-electron chi connectivity index (χ3n) is 2.62. The molecule has 1 unspecified atom stereocenters. The summed E-state index contributed by atoms with van der Waals surface area (Å²) in [6.45, 7) is 4.00. The lowest BCUT2D eigenvalue weighted by atomic mass is 10.1. The number of esters is 1. The van der Waals surface area contributed by atoms with Gasteiger partial charge in [0.1, 0.15) is 6.04 Å². The summed E-state index contributed by atoms with van der Waals surface area (Å²) in [6, 6.07) is 2.39. The molecule has 0 aromatic heterocycles. The van der Waals surface area contributed by atoms with Crippen molar-refractivity contribution in [2.45, 2.75) is 19.9 Å². The van der Waals surface area contributed by atoms with Crippen molar-refractivity contribution < 1.29 is 14.3 Å². The minimum absolute atomic E-state index is 0.189. The summed E-state index contributed by atoms with van der Waals surface area (Å²) in [4.78, 5) is 23.5. The van der Waals surface area contributed by atoms with Gasteiger partial charge in [-0.15, -0.1) is 0 Å². The number of carbonyl (C=O) groups is 2. The highest BCUT2D eigenvalue weighted by Gasteiger charge is 2.20. The zero-order chi connectivity index (χ0) is 15.3.